The second-order valence-corrected chi connectivity index (χ2v) is 4.53. The van der Waals surface area contributed by atoms with Gasteiger partial charge in [0.05, 0.1) is 5.56 Å². The summed E-state index contributed by atoms with van der Waals surface area (Å²) < 4.78 is 10.7. The predicted molar refractivity (Wildman–Crippen MR) is 74.9 cm³/mol. The van der Waals surface area contributed by atoms with Crippen LogP contribution in [0.1, 0.15) is 21.8 Å². The van der Waals surface area contributed by atoms with Crippen LogP contribution in [0.3, 0.4) is 0 Å². The van der Waals surface area contributed by atoms with Gasteiger partial charge in [0.1, 0.15) is 23.8 Å². The fourth-order valence-corrected chi connectivity index (χ4v) is 2.16. The van der Waals surface area contributed by atoms with E-state index in [1.807, 2.05) is 43.3 Å². The minimum atomic E-state index is 0.274. The molecule has 0 N–H and O–H groups in total. The minimum Gasteiger partial charge on any atom is -0.486 e. The average Bonchev–Trinajstić information content (AvgIpc) is 2.90. The molecule has 0 aliphatic carbocycles. The summed E-state index contributed by atoms with van der Waals surface area (Å²) in [5.41, 5.74) is 1.26. The maximum Gasteiger partial charge on any atom is 0.154 e. The van der Waals surface area contributed by atoms with E-state index in [2.05, 4.69) is 5.16 Å². The summed E-state index contributed by atoms with van der Waals surface area (Å²) in [4.78, 5) is 11.3. The van der Waals surface area contributed by atoms with Gasteiger partial charge in [0.15, 0.2) is 6.29 Å². The first-order chi connectivity index (χ1) is 9.78. The molecule has 0 bridgehead atoms. The molecule has 0 amide bonds. The van der Waals surface area contributed by atoms with E-state index in [1.54, 1.807) is 6.07 Å². The van der Waals surface area contributed by atoms with E-state index in [1.165, 1.54) is 0 Å². The third-order valence-electron chi connectivity index (χ3n) is 3.10. The molecule has 3 aromatic rings. The van der Waals surface area contributed by atoms with Gasteiger partial charge in [0, 0.05) is 6.07 Å². The first-order valence-electron chi connectivity index (χ1n) is 6.30. The Bertz CT molecular complexity index is 761. The molecule has 1 heterocycles. The van der Waals surface area contributed by atoms with Crippen LogP contribution in [0.2, 0.25) is 0 Å². The molecule has 20 heavy (non-hydrogen) atoms. The molecule has 0 unspecified atom stereocenters. The van der Waals surface area contributed by atoms with E-state index in [0.717, 1.165) is 22.8 Å². The summed E-state index contributed by atoms with van der Waals surface area (Å²) in [5.74, 6) is 1.29. The third kappa shape index (κ3) is 2.28. The zero-order valence-corrected chi connectivity index (χ0v) is 11.0. The molecule has 1 aromatic heterocycles. The molecule has 2 aromatic carbocycles. The molecule has 0 saturated heterocycles. The standard InChI is InChI=1S/C16H13NO3/c1-11-8-13(17-20-11)10-19-16-7-6-12-4-2-3-5-14(12)15(16)9-18/h2-9H,10H2,1H3. The number of aromatic nitrogens is 1. The molecule has 0 atom stereocenters. The molecule has 0 aliphatic heterocycles. The molecule has 4 nitrogen and oxygen atoms in total. The highest BCUT2D eigenvalue weighted by atomic mass is 16.5. The van der Waals surface area contributed by atoms with E-state index in [0.29, 0.717) is 17.0 Å². The molecule has 0 aliphatic rings. The Kier molecular flexibility index (Phi) is 3.21. The topological polar surface area (TPSA) is 52.3 Å². The smallest absolute Gasteiger partial charge is 0.154 e. The monoisotopic (exact) mass is 267 g/mol. The van der Waals surface area contributed by atoms with Crippen LogP contribution >= 0.6 is 0 Å². The fraction of sp³-hybridized carbons (Fsp3) is 0.125. The predicted octanol–water partition coefficient (Wildman–Crippen LogP) is 3.53. The van der Waals surface area contributed by atoms with Crippen molar-refractivity contribution >= 4 is 17.1 Å². The highest BCUT2D eigenvalue weighted by Crippen LogP contribution is 2.27. The number of hydrogen-bond acceptors (Lipinski definition) is 4. The largest absolute Gasteiger partial charge is 0.486 e. The lowest BCUT2D eigenvalue weighted by molar-refractivity contribution is 0.112. The van der Waals surface area contributed by atoms with Crippen LogP contribution in [0.5, 0.6) is 5.75 Å². The molecule has 3 rings (SSSR count). The van der Waals surface area contributed by atoms with Gasteiger partial charge in [0.2, 0.25) is 0 Å². The molecule has 4 heteroatoms. The van der Waals surface area contributed by atoms with Gasteiger partial charge in [-0.05, 0) is 23.8 Å². The van der Waals surface area contributed by atoms with Crippen LogP contribution in [0.15, 0.2) is 47.0 Å². The Balaban J connectivity index is 1.93. The summed E-state index contributed by atoms with van der Waals surface area (Å²) in [5, 5.41) is 5.76. The summed E-state index contributed by atoms with van der Waals surface area (Å²) >= 11 is 0. The van der Waals surface area contributed by atoms with Gasteiger partial charge in [-0.25, -0.2) is 0 Å². The maximum atomic E-state index is 11.3. The lowest BCUT2D eigenvalue weighted by atomic mass is 10.0. The second-order valence-electron chi connectivity index (χ2n) is 4.53. The number of aryl methyl sites for hydroxylation is 1. The van der Waals surface area contributed by atoms with Crippen LogP contribution < -0.4 is 4.74 Å². The Morgan fingerprint density at radius 3 is 2.85 bits per heavy atom. The first-order valence-corrected chi connectivity index (χ1v) is 6.30. The van der Waals surface area contributed by atoms with Gasteiger partial charge < -0.3 is 9.26 Å². The van der Waals surface area contributed by atoms with Crippen molar-refractivity contribution in [2.75, 3.05) is 0 Å². The summed E-state index contributed by atoms with van der Waals surface area (Å²) in [6, 6.07) is 13.3. The normalized spacial score (nSPS) is 10.7. The van der Waals surface area contributed by atoms with Gasteiger partial charge in [-0.2, -0.15) is 0 Å². The number of rotatable bonds is 4. The van der Waals surface area contributed by atoms with Gasteiger partial charge in [0.25, 0.3) is 0 Å². The maximum absolute atomic E-state index is 11.3. The zero-order chi connectivity index (χ0) is 13.9. The number of benzene rings is 2. The number of fused-ring (bicyclic) bond motifs is 1. The lowest BCUT2D eigenvalue weighted by Gasteiger charge is -2.09. The highest BCUT2D eigenvalue weighted by molar-refractivity contribution is 6.00. The lowest BCUT2D eigenvalue weighted by Crippen LogP contribution is -1.99. The first kappa shape index (κ1) is 12.4. The van der Waals surface area contributed by atoms with Crippen molar-refractivity contribution in [2.24, 2.45) is 0 Å². The van der Waals surface area contributed by atoms with Crippen molar-refractivity contribution in [1.29, 1.82) is 0 Å². The minimum absolute atomic E-state index is 0.274. The molecule has 100 valence electrons. The summed E-state index contributed by atoms with van der Waals surface area (Å²) in [6.45, 7) is 2.10. The van der Waals surface area contributed by atoms with Gasteiger partial charge >= 0.3 is 0 Å². The van der Waals surface area contributed by atoms with Crippen LogP contribution in [0, 0.1) is 6.92 Å². The molecule has 0 spiro atoms. The number of hydrogen-bond donors (Lipinski definition) is 0. The van der Waals surface area contributed by atoms with Crippen molar-refractivity contribution in [3.05, 3.63) is 59.5 Å². The van der Waals surface area contributed by atoms with Crippen molar-refractivity contribution in [3.8, 4) is 5.75 Å². The van der Waals surface area contributed by atoms with Crippen LogP contribution in [0.25, 0.3) is 10.8 Å². The summed E-state index contributed by atoms with van der Waals surface area (Å²) in [6.07, 6.45) is 0.825. The molecule has 0 radical (unpaired) electrons. The van der Waals surface area contributed by atoms with Gasteiger partial charge in [-0.1, -0.05) is 35.5 Å². The van der Waals surface area contributed by atoms with E-state index < -0.39 is 0 Å². The Hall–Kier alpha value is -2.62. The van der Waals surface area contributed by atoms with Gasteiger partial charge in [-0.15, -0.1) is 0 Å². The quantitative estimate of drug-likeness (QED) is 0.678. The van der Waals surface area contributed by atoms with Crippen molar-refractivity contribution in [1.82, 2.24) is 5.16 Å². The number of carbonyl (C=O) groups excluding carboxylic acids is 1. The van der Waals surface area contributed by atoms with E-state index >= 15 is 0 Å². The number of aldehydes is 1. The van der Waals surface area contributed by atoms with Crippen LogP contribution in [-0.2, 0) is 6.61 Å². The van der Waals surface area contributed by atoms with Crippen molar-refractivity contribution < 1.29 is 14.1 Å². The SMILES string of the molecule is Cc1cc(COc2ccc3ccccc3c2C=O)no1. The van der Waals surface area contributed by atoms with E-state index in [4.69, 9.17) is 9.26 Å². The molecular weight excluding hydrogens is 254 g/mol. The third-order valence-corrected chi connectivity index (χ3v) is 3.10. The number of carbonyl (C=O) groups is 1. The number of nitrogens with zero attached hydrogens (tertiary/aromatic N) is 1. The Labute approximate surface area is 116 Å². The average molecular weight is 267 g/mol. The highest BCUT2D eigenvalue weighted by Gasteiger charge is 2.09. The van der Waals surface area contributed by atoms with E-state index in [-0.39, 0.29) is 6.61 Å². The number of ether oxygens (including phenoxy) is 1. The molecular formula is C16H13NO3. The summed E-state index contributed by atoms with van der Waals surface area (Å²) in [7, 11) is 0. The second kappa shape index (κ2) is 5.17. The van der Waals surface area contributed by atoms with Crippen LogP contribution in [0.4, 0.5) is 0 Å². The van der Waals surface area contributed by atoms with Crippen molar-refractivity contribution in [3.63, 3.8) is 0 Å². The zero-order valence-electron chi connectivity index (χ0n) is 11.0. The van der Waals surface area contributed by atoms with Crippen LogP contribution in [-0.4, -0.2) is 11.4 Å². The fourth-order valence-electron chi connectivity index (χ4n) is 2.16. The molecule has 0 fully saturated rings. The molecule has 0 saturated carbocycles. The van der Waals surface area contributed by atoms with Gasteiger partial charge in [-0.3, -0.25) is 4.79 Å². The van der Waals surface area contributed by atoms with Crippen molar-refractivity contribution in [2.45, 2.75) is 13.5 Å². The Morgan fingerprint density at radius 2 is 2.10 bits per heavy atom. The van der Waals surface area contributed by atoms with E-state index in [9.17, 15) is 4.79 Å². The Morgan fingerprint density at radius 1 is 1.25 bits per heavy atom.